The van der Waals surface area contributed by atoms with Crippen LogP contribution in [0.25, 0.3) is 0 Å². The molecule has 0 aromatic rings. The molecule has 0 aliphatic carbocycles. The molecule has 0 aromatic carbocycles. The van der Waals surface area contributed by atoms with Crippen molar-refractivity contribution in [2.45, 2.75) is 270 Å². The third-order valence-electron chi connectivity index (χ3n) is 11.8. The van der Waals surface area contributed by atoms with Gasteiger partial charge in [-0.15, -0.1) is 0 Å². The van der Waals surface area contributed by atoms with Crippen molar-refractivity contribution in [2.24, 2.45) is 0 Å². The van der Waals surface area contributed by atoms with E-state index in [4.69, 9.17) is 4.74 Å². The summed E-state index contributed by atoms with van der Waals surface area (Å²) in [5, 5.41) is 23.6. The lowest BCUT2D eigenvalue weighted by molar-refractivity contribution is -0.148. The summed E-state index contributed by atoms with van der Waals surface area (Å²) in [4.78, 5) is 26.1. The number of amides is 1. The van der Waals surface area contributed by atoms with Gasteiger partial charge in [0.1, 0.15) is 6.10 Å². The first-order valence-electron chi connectivity index (χ1n) is 26.7. The number of aliphatic hydroxyl groups is 2. The molecule has 0 fully saturated rings. The van der Waals surface area contributed by atoms with Crippen LogP contribution in [-0.2, 0) is 14.3 Å². The van der Waals surface area contributed by atoms with Crippen LogP contribution in [0.5, 0.6) is 0 Å². The maximum Gasteiger partial charge on any atom is 0.306 e. The molecule has 0 saturated heterocycles. The average molecular weight is 880 g/mol. The number of carbonyl (C=O) groups is 2. The Morgan fingerprint density at radius 1 is 0.476 bits per heavy atom. The summed E-state index contributed by atoms with van der Waals surface area (Å²) in [6.07, 6.45) is 64.3. The Bertz CT molecular complexity index is 1170. The lowest BCUT2D eigenvalue weighted by atomic mass is 10.0. The van der Waals surface area contributed by atoms with Crippen LogP contribution in [0.15, 0.2) is 72.9 Å². The van der Waals surface area contributed by atoms with E-state index < -0.39 is 18.2 Å². The number of nitrogens with one attached hydrogen (secondary N) is 1. The van der Waals surface area contributed by atoms with Crippen molar-refractivity contribution in [3.05, 3.63) is 72.9 Å². The Hall–Kier alpha value is -2.70. The molecule has 0 aliphatic rings. The fourth-order valence-corrected chi connectivity index (χ4v) is 7.78. The normalized spacial score (nSPS) is 13.8. The molecule has 3 unspecified atom stereocenters. The van der Waals surface area contributed by atoms with E-state index in [-0.39, 0.29) is 24.9 Å². The number of esters is 1. The van der Waals surface area contributed by atoms with Gasteiger partial charge in [-0.3, -0.25) is 9.59 Å². The molecule has 0 radical (unpaired) electrons. The molecule has 0 aliphatic heterocycles. The molecule has 0 bridgehead atoms. The Kier molecular flexibility index (Phi) is 48.1. The molecule has 1 amide bonds. The number of hydrogen-bond donors (Lipinski definition) is 3. The van der Waals surface area contributed by atoms with Gasteiger partial charge in [-0.25, -0.2) is 0 Å². The predicted octanol–water partition coefficient (Wildman–Crippen LogP) is 16.2. The quantitative estimate of drug-likeness (QED) is 0.0321. The molecule has 0 aromatic heterocycles. The van der Waals surface area contributed by atoms with E-state index in [1.807, 2.05) is 6.08 Å². The minimum absolute atomic E-state index is 0.0473. The van der Waals surface area contributed by atoms with Crippen molar-refractivity contribution in [1.29, 1.82) is 0 Å². The fraction of sp³-hybridized carbons (Fsp3) is 0.754. The second-order valence-corrected chi connectivity index (χ2v) is 17.9. The molecule has 0 rings (SSSR count). The number of ether oxygens (including phenoxy) is 1. The third-order valence-corrected chi connectivity index (χ3v) is 11.8. The Morgan fingerprint density at radius 3 is 1.21 bits per heavy atom. The molecular formula is C57H101NO5. The van der Waals surface area contributed by atoms with Gasteiger partial charge >= 0.3 is 5.97 Å². The van der Waals surface area contributed by atoms with Gasteiger partial charge < -0.3 is 20.3 Å². The summed E-state index contributed by atoms with van der Waals surface area (Å²) in [5.74, 6) is -0.626. The van der Waals surface area contributed by atoms with Gasteiger partial charge in [-0.05, 0) is 57.4 Å². The average Bonchev–Trinajstić information content (AvgIpc) is 3.28. The van der Waals surface area contributed by atoms with Crippen molar-refractivity contribution >= 4 is 11.9 Å². The highest BCUT2D eigenvalue weighted by Crippen LogP contribution is 2.16. The first kappa shape index (κ1) is 60.3. The summed E-state index contributed by atoms with van der Waals surface area (Å²) >= 11 is 0. The maximum atomic E-state index is 13.2. The molecule has 0 spiro atoms. The van der Waals surface area contributed by atoms with Gasteiger partial charge in [0.25, 0.3) is 0 Å². The van der Waals surface area contributed by atoms with E-state index in [9.17, 15) is 19.8 Å². The molecular weight excluding hydrogens is 779 g/mol. The van der Waals surface area contributed by atoms with Gasteiger partial charge in [-0.2, -0.15) is 0 Å². The van der Waals surface area contributed by atoms with Crippen molar-refractivity contribution in [1.82, 2.24) is 5.32 Å². The van der Waals surface area contributed by atoms with Crippen molar-refractivity contribution in [2.75, 3.05) is 6.61 Å². The predicted molar refractivity (Wildman–Crippen MR) is 273 cm³/mol. The van der Waals surface area contributed by atoms with Crippen LogP contribution in [0.1, 0.15) is 252 Å². The lowest BCUT2D eigenvalue weighted by Gasteiger charge is -2.23. The van der Waals surface area contributed by atoms with E-state index in [1.165, 1.54) is 135 Å². The van der Waals surface area contributed by atoms with Crippen LogP contribution in [-0.4, -0.2) is 46.9 Å². The van der Waals surface area contributed by atoms with Crippen LogP contribution in [0.3, 0.4) is 0 Å². The van der Waals surface area contributed by atoms with Gasteiger partial charge in [0.15, 0.2) is 0 Å². The van der Waals surface area contributed by atoms with Crippen LogP contribution in [0, 0.1) is 0 Å². The second-order valence-electron chi connectivity index (χ2n) is 17.9. The first-order valence-corrected chi connectivity index (χ1v) is 26.7. The summed E-state index contributed by atoms with van der Waals surface area (Å²) in [6.45, 7) is 6.32. The minimum Gasteiger partial charge on any atom is -0.458 e. The SMILES string of the molecule is CC/C=C\C/C=C\C/C=C\C/C=C\C/C=C\C/C=C\C(CC(=O)NC(CO)C(O)CCCCCCCCCCC)OC(=O)CCCCCCCCCCCCCCCCCCCC. The number of carbonyl (C=O) groups excluding carboxylic acids is 2. The number of unbranched alkanes of at least 4 members (excludes halogenated alkanes) is 25. The third kappa shape index (κ3) is 45.7. The topological polar surface area (TPSA) is 95.9 Å². The van der Waals surface area contributed by atoms with Gasteiger partial charge in [0.2, 0.25) is 5.91 Å². The molecule has 0 heterocycles. The molecule has 0 saturated carbocycles. The highest BCUT2D eigenvalue weighted by atomic mass is 16.5. The summed E-state index contributed by atoms with van der Waals surface area (Å²) in [6, 6.07) is -0.743. The van der Waals surface area contributed by atoms with Gasteiger partial charge in [-0.1, -0.05) is 255 Å². The zero-order chi connectivity index (χ0) is 45.9. The van der Waals surface area contributed by atoms with Crippen molar-refractivity contribution < 1.29 is 24.5 Å². The highest BCUT2D eigenvalue weighted by Gasteiger charge is 2.23. The molecule has 364 valence electrons. The first-order chi connectivity index (χ1) is 31.0. The number of aliphatic hydroxyl groups excluding tert-OH is 2. The van der Waals surface area contributed by atoms with Gasteiger partial charge in [0.05, 0.1) is 25.2 Å². The smallest absolute Gasteiger partial charge is 0.306 e. The molecule has 6 nitrogen and oxygen atoms in total. The van der Waals surface area contributed by atoms with E-state index >= 15 is 0 Å². The largest absolute Gasteiger partial charge is 0.458 e. The summed E-state index contributed by atoms with van der Waals surface area (Å²) < 4.78 is 5.83. The molecule has 3 N–H and O–H groups in total. The Labute approximate surface area is 390 Å². The van der Waals surface area contributed by atoms with E-state index in [1.54, 1.807) is 6.08 Å². The van der Waals surface area contributed by atoms with E-state index in [0.717, 1.165) is 70.6 Å². The summed E-state index contributed by atoms with van der Waals surface area (Å²) in [5.41, 5.74) is 0. The summed E-state index contributed by atoms with van der Waals surface area (Å²) in [7, 11) is 0. The van der Waals surface area contributed by atoms with Crippen LogP contribution >= 0.6 is 0 Å². The van der Waals surface area contributed by atoms with E-state index in [2.05, 4.69) is 86.8 Å². The molecule has 6 heteroatoms. The Morgan fingerprint density at radius 2 is 0.825 bits per heavy atom. The zero-order valence-electron chi connectivity index (χ0n) is 41.4. The Balaban J connectivity index is 4.69. The van der Waals surface area contributed by atoms with Crippen LogP contribution in [0.4, 0.5) is 0 Å². The standard InChI is InChI=1S/C57H101NO5/c1-4-7-10-13-16-19-21-23-25-27-29-31-33-35-38-41-44-47-50-57(62)63-53(48-45-42-39-37-34-32-30-28-26-24-22-20-17-14-11-8-5-2)51-56(61)58-54(52-59)55(60)49-46-43-40-36-18-15-12-9-6-3/h8,11,17,20,24,26,30,32,37,39,45,48,53-55,59-60H,4-7,9-10,12-16,18-19,21-23,25,27-29,31,33-36,38,40-44,46-47,49-52H2,1-3H3,(H,58,61)/b11-8-,20-17-,26-24-,32-30-,39-37-,48-45-. The van der Waals surface area contributed by atoms with Crippen LogP contribution in [0.2, 0.25) is 0 Å². The zero-order valence-corrected chi connectivity index (χ0v) is 41.4. The second kappa shape index (κ2) is 50.3. The number of hydrogen-bond acceptors (Lipinski definition) is 5. The van der Waals surface area contributed by atoms with Crippen molar-refractivity contribution in [3.63, 3.8) is 0 Å². The highest BCUT2D eigenvalue weighted by molar-refractivity contribution is 5.78. The van der Waals surface area contributed by atoms with E-state index in [0.29, 0.717) is 19.3 Å². The minimum atomic E-state index is -0.820. The van der Waals surface area contributed by atoms with Crippen molar-refractivity contribution in [3.8, 4) is 0 Å². The number of rotatable bonds is 47. The fourth-order valence-electron chi connectivity index (χ4n) is 7.78. The monoisotopic (exact) mass is 880 g/mol. The van der Waals surface area contributed by atoms with Crippen LogP contribution < -0.4 is 5.32 Å². The lowest BCUT2D eigenvalue weighted by Crippen LogP contribution is -2.46. The van der Waals surface area contributed by atoms with Gasteiger partial charge in [0, 0.05) is 6.42 Å². The molecule has 3 atom stereocenters. The maximum absolute atomic E-state index is 13.2. The molecule has 63 heavy (non-hydrogen) atoms. The number of allylic oxidation sites excluding steroid dienone is 11.